The van der Waals surface area contributed by atoms with E-state index in [1.165, 1.54) is 19.3 Å². The number of phenolic OH excluding ortho intramolecular Hbond substituents is 2. The number of esters is 2. The van der Waals surface area contributed by atoms with Crippen molar-refractivity contribution in [2.45, 2.75) is 59.0 Å². The highest BCUT2D eigenvalue weighted by Gasteiger charge is 2.23. The number of hydrogen-bond donors (Lipinski definition) is 3. The molecule has 0 spiro atoms. The number of phenols is 2. The van der Waals surface area contributed by atoms with E-state index in [0.29, 0.717) is 36.2 Å². The van der Waals surface area contributed by atoms with Crippen molar-refractivity contribution in [3.63, 3.8) is 0 Å². The molecule has 1 aromatic rings. The number of rotatable bonds is 8. The number of carbonyl (C=O) groups is 2. The van der Waals surface area contributed by atoms with Crippen LogP contribution in [0, 0.1) is 6.92 Å². The highest BCUT2D eigenvalue weighted by atomic mass is 16.5. The Morgan fingerprint density at radius 3 is 2.58 bits per heavy atom. The number of aromatic hydroxyl groups is 2. The Balaban J connectivity index is 2.02. The summed E-state index contributed by atoms with van der Waals surface area (Å²) in [4.78, 5) is 23.9. The van der Waals surface area contributed by atoms with Crippen molar-refractivity contribution in [1.82, 2.24) is 0 Å². The first-order valence-electron chi connectivity index (χ1n) is 10.1. The predicted molar refractivity (Wildman–Crippen MR) is 116 cm³/mol. The van der Waals surface area contributed by atoms with Gasteiger partial charge in [-0.3, -0.25) is 0 Å². The van der Waals surface area contributed by atoms with Gasteiger partial charge in [0.1, 0.15) is 22.8 Å². The molecule has 0 aliphatic carbocycles. The Morgan fingerprint density at radius 1 is 1.29 bits per heavy atom. The molecule has 0 fully saturated rings. The number of methoxy groups -OCH3 is 1. The molecule has 0 saturated carbocycles. The van der Waals surface area contributed by atoms with Gasteiger partial charge in [0.05, 0.1) is 12.7 Å². The van der Waals surface area contributed by atoms with Crippen LogP contribution in [-0.4, -0.2) is 40.0 Å². The third-order valence-corrected chi connectivity index (χ3v) is 4.93. The fourth-order valence-corrected chi connectivity index (χ4v) is 3.35. The van der Waals surface area contributed by atoms with Crippen molar-refractivity contribution < 1.29 is 34.4 Å². The molecule has 31 heavy (non-hydrogen) atoms. The second-order valence-corrected chi connectivity index (χ2v) is 8.27. The summed E-state index contributed by atoms with van der Waals surface area (Å²) in [6.45, 7) is 6.74. The number of hydrogen-bond acceptors (Lipinski definition) is 7. The molecule has 0 radical (unpaired) electrons. The minimum Gasteiger partial charge on any atom is -0.508 e. The molecular formula is C24H30O7. The molecule has 168 valence electrons. The van der Waals surface area contributed by atoms with Crippen molar-refractivity contribution in [2.75, 3.05) is 7.11 Å². The molecule has 7 nitrogen and oxygen atoms in total. The summed E-state index contributed by atoms with van der Waals surface area (Å²) >= 11 is 0. The van der Waals surface area contributed by atoms with Gasteiger partial charge in [-0.2, -0.15) is 0 Å². The van der Waals surface area contributed by atoms with E-state index in [0.717, 1.165) is 5.57 Å². The van der Waals surface area contributed by atoms with Gasteiger partial charge in [0.2, 0.25) is 0 Å². The lowest BCUT2D eigenvalue weighted by Crippen LogP contribution is -2.15. The minimum atomic E-state index is -1.07. The maximum absolute atomic E-state index is 12.0. The zero-order valence-corrected chi connectivity index (χ0v) is 18.6. The van der Waals surface area contributed by atoms with Crippen LogP contribution in [0.2, 0.25) is 0 Å². The smallest absolute Gasteiger partial charge is 0.341 e. The Kier molecular flexibility index (Phi) is 7.68. The van der Waals surface area contributed by atoms with Crippen LogP contribution in [-0.2, 0) is 20.7 Å². The van der Waals surface area contributed by atoms with E-state index in [-0.39, 0.29) is 29.0 Å². The lowest BCUT2D eigenvalue weighted by molar-refractivity contribution is -0.133. The Bertz CT molecular complexity index is 959. The Morgan fingerprint density at radius 2 is 1.97 bits per heavy atom. The second kappa shape index (κ2) is 9.83. The summed E-state index contributed by atoms with van der Waals surface area (Å²) < 4.78 is 9.86. The van der Waals surface area contributed by atoms with Crippen LogP contribution in [0.4, 0.5) is 0 Å². The van der Waals surface area contributed by atoms with Gasteiger partial charge in [0.25, 0.3) is 0 Å². The Labute approximate surface area is 182 Å². The van der Waals surface area contributed by atoms with Crippen LogP contribution in [0.3, 0.4) is 0 Å². The molecule has 2 rings (SSSR count). The van der Waals surface area contributed by atoms with E-state index in [1.54, 1.807) is 26.8 Å². The molecule has 0 bridgehead atoms. The topological polar surface area (TPSA) is 113 Å². The third-order valence-electron chi connectivity index (χ3n) is 4.93. The molecule has 0 unspecified atom stereocenters. The quantitative estimate of drug-likeness (QED) is 0.422. The lowest BCUT2D eigenvalue weighted by atomic mass is 9.98. The van der Waals surface area contributed by atoms with Crippen molar-refractivity contribution >= 4 is 11.9 Å². The first kappa shape index (κ1) is 24.2. The summed E-state index contributed by atoms with van der Waals surface area (Å²) in [6.07, 6.45) is 7.19. The van der Waals surface area contributed by atoms with Crippen LogP contribution in [0.25, 0.3) is 0 Å². The summed E-state index contributed by atoms with van der Waals surface area (Å²) in [5, 5.41) is 30.4. The van der Waals surface area contributed by atoms with Crippen molar-refractivity contribution in [3.8, 4) is 11.5 Å². The fourth-order valence-electron chi connectivity index (χ4n) is 3.35. The predicted octanol–water partition coefficient (Wildman–Crippen LogP) is 3.99. The molecule has 0 amide bonds. The second-order valence-electron chi connectivity index (χ2n) is 8.27. The molecular weight excluding hydrogens is 400 g/mol. The molecule has 0 aromatic heterocycles. The van der Waals surface area contributed by atoms with E-state index in [9.17, 15) is 24.9 Å². The van der Waals surface area contributed by atoms with E-state index in [1.807, 2.05) is 13.0 Å². The maximum atomic E-state index is 12.0. The summed E-state index contributed by atoms with van der Waals surface area (Å²) in [6, 6.07) is 1.43. The number of cyclic esters (lactones) is 1. The monoisotopic (exact) mass is 430 g/mol. The highest BCUT2D eigenvalue weighted by molar-refractivity contribution is 5.95. The normalized spacial score (nSPS) is 15.8. The molecule has 7 heteroatoms. The van der Waals surface area contributed by atoms with Gasteiger partial charge in [-0.25, -0.2) is 9.59 Å². The summed E-state index contributed by atoms with van der Waals surface area (Å²) in [5.41, 5.74) is 1.23. The molecule has 3 N–H and O–H groups in total. The first-order chi connectivity index (χ1) is 14.4. The molecule has 1 heterocycles. The van der Waals surface area contributed by atoms with Gasteiger partial charge < -0.3 is 24.8 Å². The van der Waals surface area contributed by atoms with Gasteiger partial charge in [-0.1, -0.05) is 11.6 Å². The number of carbonyl (C=O) groups excluding carboxylic acids is 2. The van der Waals surface area contributed by atoms with E-state index in [4.69, 9.17) is 9.47 Å². The number of allylic oxidation sites excluding steroid dienone is 3. The third kappa shape index (κ3) is 6.46. The molecule has 1 aliphatic heterocycles. The van der Waals surface area contributed by atoms with Crippen LogP contribution in [0.15, 0.2) is 41.2 Å². The van der Waals surface area contributed by atoms with Gasteiger partial charge in [0.15, 0.2) is 0 Å². The SMILES string of the molecule is COC(=O)c1c(C)cc(O)c(C/C=C(\C)CCCC2=C/C(=C\C(C)(C)O)OC2=O)c1O. The molecule has 0 atom stereocenters. The van der Waals surface area contributed by atoms with Gasteiger partial charge >= 0.3 is 11.9 Å². The van der Waals surface area contributed by atoms with Crippen molar-refractivity contribution in [3.05, 3.63) is 57.9 Å². The van der Waals surface area contributed by atoms with Crippen LogP contribution < -0.4 is 0 Å². The van der Waals surface area contributed by atoms with Gasteiger partial charge in [-0.05, 0) is 77.2 Å². The van der Waals surface area contributed by atoms with Crippen molar-refractivity contribution in [2.24, 2.45) is 0 Å². The van der Waals surface area contributed by atoms with E-state index in [2.05, 4.69) is 0 Å². The van der Waals surface area contributed by atoms with E-state index < -0.39 is 17.5 Å². The number of benzene rings is 1. The highest BCUT2D eigenvalue weighted by Crippen LogP contribution is 2.35. The van der Waals surface area contributed by atoms with Gasteiger partial charge in [0, 0.05) is 11.1 Å². The van der Waals surface area contributed by atoms with E-state index >= 15 is 0 Å². The minimum absolute atomic E-state index is 0.0444. The molecule has 1 aliphatic rings. The van der Waals surface area contributed by atoms with Crippen LogP contribution in [0.1, 0.15) is 61.5 Å². The molecule has 1 aromatic carbocycles. The zero-order chi connectivity index (χ0) is 23.3. The summed E-state index contributed by atoms with van der Waals surface area (Å²) in [5.74, 6) is -1.07. The lowest BCUT2D eigenvalue weighted by Gasteiger charge is -2.12. The van der Waals surface area contributed by atoms with Gasteiger partial charge in [-0.15, -0.1) is 0 Å². The van der Waals surface area contributed by atoms with Crippen LogP contribution >= 0.6 is 0 Å². The average molecular weight is 430 g/mol. The molecule has 0 saturated heterocycles. The standard InChI is InChI=1S/C24H30O7/c1-14(7-6-8-16-12-17(31-22(16)27)13-24(3,4)29)9-10-18-19(25)11-15(2)20(21(18)26)23(28)30-5/h9,11-13,25-26,29H,6-8,10H2,1-5H3/b14-9+,17-13+. The Hall–Kier alpha value is -3.06. The summed E-state index contributed by atoms with van der Waals surface area (Å²) in [7, 11) is 1.23. The zero-order valence-electron chi connectivity index (χ0n) is 18.6. The average Bonchev–Trinajstić information content (AvgIpc) is 2.98. The maximum Gasteiger partial charge on any atom is 0.341 e. The van der Waals surface area contributed by atoms with Crippen LogP contribution in [0.5, 0.6) is 11.5 Å². The largest absolute Gasteiger partial charge is 0.508 e. The van der Waals surface area contributed by atoms with Crippen molar-refractivity contribution in [1.29, 1.82) is 0 Å². The number of aryl methyl sites for hydroxylation is 1. The number of aliphatic hydroxyl groups is 1. The first-order valence-corrected chi connectivity index (χ1v) is 10.1. The fraction of sp³-hybridized carbons (Fsp3) is 0.417. The number of ether oxygens (including phenoxy) is 2.